The molecule has 0 unspecified atom stereocenters. The Morgan fingerprint density at radius 2 is 2.19 bits per heavy atom. The smallest absolute Gasteiger partial charge is 0.338 e. The molecule has 3 heteroatoms. The summed E-state index contributed by atoms with van der Waals surface area (Å²) in [4.78, 5) is 11.5. The summed E-state index contributed by atoms with van der Waals surface area (Å²) in [6.45, 7) is 0.546. The molecule has 1 saturated carbocycles. The summed E-state index contributed by atoms with van der Waals surface area (Å²) >= 11 is 0. The fraction of sp³-hybridized carbons (Fsp3) is 0.462. The molecule has 1 fully saturated rings. The maximum absolute atomic E-state index is 11.5. The number of aliphatic hydroxyl groups is 1. The Morgan fingerprint density at radius 3 is 2.88 bits per heavy atom. The number of esters is 1. The Balaban J connectivity index is 2.07. The van der Waals surface area contributed by atoms with E-state index in [1.165, 1.54) is 24.0 Å². The lowest BCUT2D eigenvalue weighted by molar-refractivity contribution is 0.0535. The number of carbonyl (C=O) groups excluding carboxylic acids is 1. The van der Waals surface area contributed by atoms with Crippen LogP contribution < -0.4 is 0 Å². The first kappa shape index (κ1) is 9.85. The predicted molar refractivity (Wildman–Crippen MR) is 58.3 cm³/mol. The van der Waals surface area contributed by atoms with Crippen molar-refractivity contribution in [3.05, 3.63) is 34.4 Å². The van der Waals surface area contributed by atoms with Gasteiger partial charge in [-0.15, -0.1) is 0 Å². The van der Waals surface area contributed by atoms with E-state index in [2.05, 4.69) is 0 Å². The first-order valence-corrected chi connectivity index (χ1v) is 5.73. The van der Waals surface area contributed by atoms with Gasteiger partial charge in [0.15, 0.2) is 0 Å². The van der Waals surface area contributed by atoms with Crippen molar-refractivity contribution < 1.29 is 14.6 Å². The normalized spacial score (nSPS) is 18.4. The van der Waals surface area contributed by atoms with Crippen LogP contribution in [0.25, 0.3) is 0 Å². The molecule has 0 aromatic heterocycles. The summed E-state index contributed by atoms with van der Waals surface area (Å²) in [5, 5.41) is 9.05. The molecule has 1 aromatic rings. The Hall–Kier alpha value is -1.35. The van der Waals surface area contributed by atoms with Gasteiger partial charge in [-0.3, -0.25) is 0 Å². The summed E-state index contributed by atoms with van der Waals surface area (Å²) in [7, 11) is 0. The van der Waals surface area contributed by atoms with E-state index in [0.717, 1.165) is 11.1 Å². The van der Waals surface area contributed by atoms with Crippen molar-refractivity contribution in [2.45, 2.75) is 31.8 Å². The predicted octanol–water partition coefficient (Wildman–Crippen LogP) is 1.77. The lowest BCUT2D eigenvalue weighted by atomic mass is 9.95. The van der Waals surface area contributed by atoms with Crippen LogP contribution >= 0.6 is 0 Å². The Labute approximate surface area is 94.0 Å². The van der Waals surface area contributed by atoms with Gasteiger partial charge in [-0.2, -0.15) is 0 Å². The molecule has 1 aliphatic heterocycles. The number of rotatable bonds is 3. The van der Waals surface area contributed by atoms with E-state index in [4.69, 9.17) is 9.84 Å². The number of hydrogen-bond donors (Lipinski definition) is 1. The molecule has 3 nitrogen and oxygen atoms in total. The van der Waals surface area contributed by atoms with Crippen LogP contribution in [0.5, 0.6) is 0 Å². The number of hydrogen-bond acceptors (Lipinski definition) is 3. The summed E-state index contributed by atoms with van der Waals surface area (Å²) in [6, 6.07) is 4.01. The van der Waals surface area contributed by atoms with Gasteiger partial charge in [0.2, 0.25) is 0 Å². The second-order valence-corrected chi connectivity index (χ2v) is 4.53. The van der Waals surface area contributed by atoms with Gasteiger partial charge in [0.05, 0.1) is 5.56 Å². The second kappa shape index (κ2) is 3.59. The van der Waals surface area contributed by atoms with Crippen LogP contribution in [0.3, 0.4) is 0 Å². The third-order valence-electron chi connectivity index (χ3n) is 3.34. The lowest BCUT2D eigenvalue weighted by Crippen LogP contribution is -2.01. The van der Waals surface area contributed by atoms with Gasteiger partial charge in [-0.1, -0.05) is 6.07 Å². The van der Waals surface area contributed by atoms with Crippen LogP contribution in [-0.2, 0) is 17.8 Å². The summed E-state index contributed by atoms with van der Waals surface area (Å²) in [6.07, 6.45) is 3.08. The average Bonchev–Trinajstić information content (AvgIpc) is 3.05. The highest BCUT2D eigenvalue weighted by Crippen LogP contribution is 2.43. The zero-order valence-electron chi connectivity index (χ0n) is 9.03. The van der Waals surface area contributed by atoms with E-state index in [1.807, 2.05) is 12.1 Å². The highest BCUT2D eigenvalue weighted by atomic mass is 16.5. The highest BCUT2D eigenvalue weighted by Gasteiger charge is 2.30. The van der Waals surface area contributed by atoms with E-state index in [9.17, 15) is 4.79 Å². The van der Waals surface area contributed by atoms with E-state index >= 15 is 0 Å². The first-order valence-electron chi connectivity index (χ1n) is 5.73. The molecule has 1 aromatic carbocycles. The number of aliphatic hydroxyl groups excluding tert-OH is 1. The summed E-state index contributed by atoms with van der Waals surface area (Å²) in [5.74, 6) is 0.396. The molecule has 1 aliphatic carbocycles. The molecule has 0 spiro atoms. The Bertz CT molecular complexity index is 447. The zero-order valence-corrected chi connectivity index (χ0v) is 9.03. The van der Waals surface area contributed by atoms with Crippen LogP contribution in [0.1, 0.15) is 45.8 Å². The highest BCUT2D eigenvalue weighted by molar-refractivity contribution is 5.93. The molecule has 0 bridgehead atoms. The number of ether oxygens (including phenoxy) is 1. The van der Waals surface area contributed by atoms with Gasteiger partial charge in [0.25, 0.3) is 0 Å². The number of fused-ring (bicyclic) bond motifs is 1. The third-order valence-corrected chi connectivity index (χ3v) is 3.34. The fourth-order valence-corrected chi connectivity index (χ4v) is 2.35. The molecule has 0 saturated heterocycles. The first-order chi connectivity index (χ1) is 7.79. The molecule has 1 heterocycles. The third kappa shape index (κ3) is 1.52. The molecule has 84 valence electrons. The molecular formula is C13H14O3. The van der Waals surface area contributed by atoms with Crippen molar-refractivity contribution in [3.8, 4) is 0 Å². The minimum Gasteiger partial charge on any atom is -0.457 e. The van der Waals surface area contributed by atoms with Crippen LogP contribution in [0, 0.1) is 0 Å². The van der Waals surface area contributed by atoms with Gasteiger partial charge in [0.1, 0.15) is 6.61 Å². The van der Waals surface area contributed by atoms with Gasteiger partial charge in [0, 0.05) is 12.2 Å². The van der Waals surface area contributed by atoms with Crippen molar-refractivity contribution in [2.24, 2.45) is 0 Å². The van der Waals surface area contributed by atoms with Gasteiger partial charge in [-0.05, 0) is 42.4 Å². The minimum atomic E-state index is -0.201. The largest absolute Gasteiger partial charge is 0.457 e. The maximum Gasteiger partial charge on any atom is 0.338 e. The number of benzene rings is 1. The number of cyclic esters (lactones) is 1. The van der Waals surface area contributed by atoms with Crippen LogP contribution in [0.15, 0.2) is 12.1 Å². The van der Waals surface area contributed by atoms with Crippen LogP contribution in [-0.4, -0.2) is 17.7 Å². The van der Waals surface area contributed by atoms with E-state index < -0.39 is 0 Å². The van der Waals surface area contributed by atoms with E-state index in [-0.39, 0.29) is 12.6 Å². The molecular weight excluding hydrogens is 204 g/mol. The van der Waals surface area contributed by atoms with Gasteiger partial charge in [-0.25, -0.2) is 4.79 Å². The molecule has 0 amide bonds. The Morgan fingerprint density at radius 1 is 1.38 bits per heavy atom. The fourth-order valence-electron chi connectivity index (χ4n) is 2.35. The maximum atomic E-state index is 11.5. The van der Waals surface area contributed by atoms with Gasteiger partial charge >= 0.3 is 5.97 Å². The van der Waals surface area contributed by atoms with Crippen molar-refractivity contribution in [1.29, 1.82) is 0 Å². The molecule has 2 aliphatic rings. The van der Waals surface area contributed by atoms with E-state index in [0.29, 0.717) is 18.9 Å². The van der Waals surface area contributed by atoms with Crippen LogP contribution in [0.2, 0.25) is 0 Å². The summed E-state index contributed by atoms with van der Waals surface area (Å²) in [5.41, 5.74) is 4.12. The Kier molecular flexibility index (Phi) is 2.21. The van der Waals surface area contributed by atoms with Crippen molar-refractivity contribution in [2.75, 3.05) is 6.61 Å². The second-order valence-electron chi connectivity index (χ2n) is 4.53. The summed E-state index contributed by atoms with van der Waals surface area (Å²) < 4.78 is 5.01. The monoisotopic (exact) mass is 218 g/mol. The van der Waals surface area contributed by atoms with E-state index in [1.54, 1.807) is 0 Å². The van der Waals surface area contributed by atoms with Crippen molar-refractivity contribution in [1.82, 2.24) is 0 Å². The quantitative estimate of drug-likeness (QED) is 0.786. The molecule has 3 rings (SSSR count). The SMILES string of the molecule is O=C1OCc2cc(CCO)c(C3CC3)cc21. The molecule has 16 heavy (non-hydrogen) atoms. The topological polar surface area (TPSA) is 46.5 Å². The molecule has 1 N–H and O–H groups in total. The van der Waals surface area contributed by atoms with Crippen molar-refractivity contribution >= 4 is 5.97 Å². The number of carbonyl (C=O) groups is 1. The molecule has 0 atom stereocenters. The lowest BCUT2D eigenvalue weighted by Gasteiger charge is -2.09. The van der Waals surface area contributed by atoms with Crippen molar-refractivity contribution in [3.63, 3.8) is 0 Å². The average molecular weight is 218 g/mol. The zero-order chi connectivity index (χ0) is 11.1. The minimum absolute atomic E-state index is 0.160. The molecule has 0 radical (unpaired) electrons. The van der Waals surface area contributed by atoms with Gasteiger partial charge < -0.3 is 9.84 Å². The van der Waals surface area contributed by atoms with Crippen LogP contribution in [0.4, 0.5) is 0 Å². The standard InChI is InChI=1S/C13H14O3/c14-4-3-9-5-10-7-16-13(15)12(10)6-11(9)8-1-2-8/h5-6,8,14H,1-4,7H2.